The summed E-state index contributed by atoms with van der Waals surface area (Å²) in [6.45, 7) is 4.04. The average Bonchev–Trinajstić information content (AvgIpc) is 2.76. The van der Waals surface area contributed by atoms with E-state index in [1.165, 1.54) is 18.2 Å². The largest absolute Gasteiger partial charge is 0.489 e. The number of sulfone groups is 1. The van der Waals surface area contributed by atoms with Crippen molar-refractivity contribution in [2.75, 3.05) is 0 Å². The van der Waals surface area contributed by atoms with Gasteiger partial charge in [0.1, 0.15) is 17.9 Å². The monoisotopic (exact) mass is 420 g/mol. The molecule has 4 aromatic rings. The second-order valence-electron chi connectivity index (χ2n) is 7.05. The number of aryl methyl sites for hydroxylation is 2. The number of fused-ring (bicyclic) bond motifs is 1. The fraction of sp³-hybridized carbons (Fsp3) is 0.125. The highest BCUT2D eigenvalue weighted by Crippen LogP contribution is 2.26. The number of hydrogen-bond acceptors (Lipinski definition) is 5. The molecule has 0 atom stereocenters. The van der Waals surface area contributed by atoms with Crippen molar-refractivity contribution < 1.29 is 17.6 Å². The summed E-state index contributed by atoms with van der Waals surface area (Å²) in [5.41, 5.74) is 2.80. The van der Waals surface area contributed by atoms with Gasteiger partial charge in [-0.25, -0.2) is 13.2 Å². The molecule has 0 aliphatic heterocycles. The zero-order valence-electron chi connectivity index (χ0n) is 16.6. The molecule has 5 nitrogen and oxygen atoms in total. The van der Waals surface area contributed by atoms with Gasteiger partial charge < -0.3 is 9.15 Å². The quantitative estimate of drug-likeness (QED) is 0.433. The van der Waals surface area contributed by atoms with Crippen molar-refractivity contribution in [3.05, 3.63) is 99.9 Å². The Balaban J connectivity index is 1.58. The number of rotatable bonds is 5. The van der Waals surface area contributed by atoms with E-state index in [4.69, 9.17) is 9.15 Å². The van der Waals surface area contributed by atoms with E-state index in [-0.39, 0.29) is 16.4 Å². The van der Waals surface area contributed by atoms with Gasteiger partial charge in [0.05, 0.1) is 9.79 Å². The van der Waals surface area contributed by atoms with E-state index in [0.717, 1.165) is 16.5 Å². The topological polar surface area (TPSA) is 73.6 Å². The third kappa shape index (κ3) is 3.74. The molecule has 0 aliphatic rings. The summed E-state index contributed by atoms with van der Waals surface area (Å²) < 4.78 is 36.6. The molecule has 0 saturated carbocycles. The Kier molecular flexibility index (Phi) is 5.18. The maximum atomic E-state index is 12.7. The zero-order valence-corrected chi connectivity index (χ0v) is 17.4. The SMILES string of the molecule is Cc1ccc2c(COc3ccc(S(=O)(=O)c4ccccc4)cc3)cc(=O)oc2c1C. The van der Waals surface area contributed by atoms with E-state index in [1.54, 1.807) is 42.5 Å². The first-order chi connectivity index (χ1) is 14.4. The summed E-state index contributed by atoms with van der Waals surface area (Å²) in [6.07, 6.45) is 0. The Morgan fingerprint density at radius 3 is 2.23 bits per heavy atom. The van der Waals surface area contributed by atoms with Gasteiger partial charge in [0.15, 0.2) is 0 Å². The van der Waals surface area contributed by atoms with E-state index < -0.39 is 15.5 Å². The second-order valence-corrected chi connectivity index (χ2v) is 9.00. The first-order valence-corrected chi connectivity index (χ1v) is 10.9. The minimum atomic E-state index is -3.58. The third-order valence-electron chi connectivity index (χ3n) is 5.10. The fourth-order valence-corrected chi connectivity index (χ4v) is 4.54. The van der Waals surface area contributed by atoms with Crippen molar-refractivity contribution in [3.8, 4) is 5.75 Å². The lowest BCUT2D eigenvalue weighted by Gasteiger charge is -2.11. The molecule has 3 aromatic carbocycles. The summed E-state index contributed by atoms with van der Waals surface area (Å²) in [7, 11) is -3.58. The minimum absolute atomic E-state index is 0.162. The van der Waals surface area contributed by atoms with E-state index in [2.05, 4.69) is 0 Å². The highest BCUT2D eigenvalue weighted by molar-refractivity contribution is 7.91. The molecule has 0 unspecified atom stereocenters. The van der Waals surface area contributed by atoms with Gasteiger partial charge in [0.2, 0.25) is 9.84 Å². The molecule has 0 bridgehead atoms. The second kappa shape index (κ2) is 7.80. The summed E-state index contributed by atoms with van der Waals surface area (Å²) in [6, 6.07) is 19.8. The van der Waals surface area contributed by atoms with Crippen molar-refractivity contribution in [1.29, 1.82) is 0 Å². The van der Waals surface area contributed by atoms with E-state index >= 15 is 0 Å². The molecule has 30 heavy (non-hydrogen) atoms. The summed E-state index contributed by atoms with van der Waals surface area (Å²) >= 11 is 0. The molecule has 0 aliphatic carbocycles. The molecule has 1 aromatic heterocycles. The normalized spacial score (nSPS) is 11.5. The van der Waals surface area contributed by atoms with Crippen LogP contribution in [0.3, 0.4) is 0 Å². The van der Waals surface area contributed by atoms with Crippen molar-refractivity contribution >= 4 is 20.8 Å². The van der Waals surface area contributed by atoms with Crippen molar-refractivity contribution in [3.63, 3.8) is 0 Å². The third-order valence-corrected chi connectivity index (χ3v) is 6.88. The number of ether oxygens (including phenoxy) is 1. The molecule has 1 heterocycles. The van der Waals surface area contributed by atoms with Gasteiger partial charge in [0, 0.05) is 17.0 Å². The van der Waals surface area contributed by atoms with E-state index in [0.29, 0.717) is 16.9 Å². The predicted octanol–water partition coefficient (Wildman–Crippen LogP) is 4.82. The molecular formula is C24H20O5S. The standard InChI is InChI=1S/C24H20O5S/c1-16-8-13-22-18(14-23(25)29-24(22)17(16)2)15-28-19-9-11-21(12-10-19)30(26,27)20-6-4-3-5-7-20/h3-14H,15H2,1-2H3. The van der Waals surface area contributed by atoms with Crippen LogP contribution in [0.1, 0.15) is 16.7 Å². The van der Waals surface area contributed by atoms with Crippen molar-refractivity contribution in [2.45, 2.75) is 30.2 Å². The van der Waals surface area contributed by atoms with Crippen LogP contribution in [0.4, 0.5) is 0 Å². The van der Waals surface area contributed by atoms with E-state index in [9.17, 15) is 13.2 Å². The molecule has 6 heteroatoms. The minimum Gasteiger partial charge on any atom is -0.489 e. The lowest BCUT2D eigenvalue weighted by molar-refractivity contribution is 0.306. The molecule has 0 radical (unpaired) electrons. The van der Waals surface area contributed by atoms with Gasteiger partial charge in [-0.15, -0.1) is 0 Å². The van der Waals surface area contributed by atoms with Crippen LogP contribution in [0.25, 0.3) is 11.0 Å². The lowest BCUT2D eigenvalue weighted by Crippen LogP contribution is -2.05. The van der Waals surface area contributed by atoms with Crippen LogP contribution >= 0.6 is 0 Å². The molecule has 152 valence electrons. The molecule has 0 fully saturated rings. The van der Waals surface area contributed by atoms with Crippen LogP contribution in [0.15, 0.2) is 91.8 Å². The molecule has 0 amide bonds. The molecule has 0 saturated heterocycles. The van der Waals surface area contributed by atoms with Gasteiger partial charge in [-0.2, -0.15) is 0 Å². The Morgan fingerprint density at radius 2 is 1.53 bits per heavy atom. The van der Waals surface area contributed by atoms with E-state index in [1.807, 2.05) is 26.0 Å². The van der Waals surface area contributed by atoms with Crippen molar-refractivity contribution in [2.24, 2.45) is 0 Å². The molecule has 4 rings (SSSR count). The van der Waals surface area contributed by atoms with Gasteiger partial charge in [-0.05, 0) is 61.4 Å². The number of benzene rings is 3. The summed E-state index contributed by atoms with van der Waals surface area (Å²) in [4.78, 5) is 12.4. The van der Waals surface area contributed by atoms with Gasteiger partial charge in [-0.3, -0.25) is 0 Å². The first-order valence-electron chi connectivity index (χ1n) is 9.42. The Morgan fingerprint density at radius 1 is 0.867 bits per heavy atom. The van der Waals surface area contributed by atoms with Crippen LogP contribution in [0.2, 0.25) is 0 Å². The Labute approximate surface area is 174 Å². The maximum absolute atomic E-state index is 12.7. The summed E-state index contributed by atoms with van der Waals surface area (Å²) in [5.74, 6) is 0.507. The molecular weight excluding hydrogens is 400 g/mol. The van der Waals surface area contributed by atoms with Gasteiger partial charge in [0.25, 0.3) is 0 Å². The first kappa shape index (κ1) is 19.9. The lowest BCUT2D eigenvalue weighted by atomic mass is 10.0. The van der Waals surface area contributed by atoms with Crippen LogP contribution < -0.4 is 10.4 Å². The highest BCUT2D eigenvalue weighted by Gasteiger charge is 2.17. The summed E-state index contributed by atoms with van der Waals surface area (Å²) in [5, 5.41) is 0.820. The molecule has 0 spiro atoms. The fourth-order valence-electron chi connectivity index (χ4n) is 3.26. The van der Waals surface area contributed by atoms with Crippen LogP contribution in [0, 0.1) is 13.8 Å². The maximum Gasteiger partial charge on any atom is 0.336 e. The smallest absolute Gasteiger partial charge is 0.336 e. The molecule has 0 N–H and O–H groups in total. The zero-order chi connectivity index (χ0) is 21.3. The Hall–Kier alpha value is -3.38. The van der Waals surface area contributed by atoms with Crippen LogP contribution in [0.5, 0.6) is 5.75 Å². The van der Waals surface area contributed by atoms with Gasteiger partial charge in [-0.1, -0.05) is 30.3 Å². The van der Waals surface area contributed by atoms with Crippen LogP contribution in [-0.2, 0) is 16.4 Å². The predicted molar refractivity (Wildman–Crippen MR) is 115 cm³/mol. The average molecular weight is 420 g/mol. The highest BCUT2D eigenvalue weighted by atomic mass is 32.2. The Bertz CT molecular complexity index is 1370. The number of hydrogen-bond donors (Lipinski definition) is 0. The van der Waals surface area contributed by atoms with Gasteiger partial charge >= 0.3 is 5.63 Å². The van der Waals surface area contributed by atoms with Crippen molar-refractivity contribution in [1.82, 2.24) is 0 Å². The van der Waals surface area contributed by atoms with Crippen LogP contribution in [-0.4, -0.2) is 8.42 Å².